The molecule has 7 nitrogen and oxygen atoms in total. The fraction of sp³-hybridized carbons (Fsp3) is 0.267. The fourth-order valence-electron chi connectivity index (χ4n) is 1.98. The monoisotopic (exact) mass is 338 g/mol. The predicted molar refractivity (Wildman–Crippen MR) is 83.7 cm³/mol. The van der Waals surface area contributed by atoms with Crippen LogP contribution in [0.1, 0.15) is 23.0 Å². The molecular weight excluding hydrogens is 320 g/mol. The molecule has 0 saturated carbocycles. The van der Waals surface area contributed by atoms with Gasteiger partial charge in [0.15, 0.2) is 0 Å². The first-order chi connectivity index (χ1) is 11.0. The van der Waals surface area contributed by atoms with Crippen LogP contribution in [-0.4, -0.2) is 28.0 Å². The lowest BCUT2D eigenvalue weighted by Gasteiger charge is -2.11. The molecule has 0 radical (unpaired) electrons. The highest BCUT2D eigenvalue weighted by Gasteiger charge is 2.20. The maximum atomic E-state index is 12.2. The van der Waals surface area contributed by atoms with Crippen LogP contribution in [0.3, 0.4) is 0 Å². The van der Waals surface area contributed by atoms with E-state index in [4.69, 9.17) is 9.15 Å². The molecule has 0 saturated heterocycles. The SMILES string of the molecule is CCNS(=O)(=O)c1cc(C(=O)NCc2ccco2)ccc1OC. The van der Waals surface area contributed by atoms with E-state index < -0.39 is 15.9 Å². The Morgan fingerprint density at radius 3 is 2.70 bits per heavy atom. The Morgan fingerprint density at radius 2 is 2.09 bits per heavy atom. The van der Waals surface area contributed by atoms with Crippen LogP contribution in [0.2, 0.25) is 0 Å². The van der Waals surface area contributed by atoms with Gasteiger partial charge in [0.25, 0.3) is 5.91 Å². The summed E-state index contributed by atoms with van der Waals surface area (Å²) in [6.45, 7) is 2.12. The first-order valence-corrected chi connectivity index (χ1v) is 8.44. The Labute approximate surface area is 134 Å². The molecule has 0 aliphatic rings. The lowest BCUT2D eigenvalue weighted by atomic mass is 10.2. The summed E-state index contributed by atoms with van der Waals surface area (Å²) in [6.07, 6.45) is 1.51. The lowest BCUT2D eigenvalue weighted by molar-refractivity contribution is 0.0948. The van der Waals surface area contributed by atoms with Crippen molar-refractivity contribution in [2.24, 2.45) is 0 Å². The average molecular weight is 338 g/mol. The molecule has 0 aliphatic heterocycles. The number of hydrogen-bond donors (Lipinski definition) is 2. The molecule has 1 heterocycles. The zero-order valence-corrected chi connectivity index (χ0v) is 13.6. The smallest absolute Gasteiger partial charge is 0.251 e. The van der Waals surface area contributed by atoms with Crippen LogP contribution < -0.4 is 14.8 Å². The highest BCUT2D eigenvalue weighted by Crippen LogP contribution is 2.24. The van der Waals surface area contributed by atoms with Crippen molar-refractivity contribution in [1.29, 1.82) is 0 Å². The first-order valence-electron chi connectivity index (χ1n) is 6.96. The van der Waals surface area contributed by atoms with Crippen molar-refractivity contribution in [3.63, 3.8) is 0 Å². The third kappa shape index (κ3) is 4.11. The Hall–Kier alpha value is -2.32. The largest absolute Gasteiger partial charge is 0.495 e. The van der Waals surface area contributed by atoms with Crippen LogP contribution in [-0.2, 0) is 16.6 Å². The highest BCUT2D eigenvalue weighted by molar-refractivity contribution is 7.89. The summed E-state index contributed by atoms with van der Waals surface area (Å²) in [5.74, 6) is 0.373. The molecule has 1 amide bonds. The molecule has 23 heavy (non-hydrogen) atoms. The van der Waals surface area contributed by atoms with Gasteiger partial charge >= 0.3 is 0 Å². The summed E-state index contributed by atoms with van der Waals surface area (Å²) in [6, 6.07) is 7.69. The molecule has 8 heteroatoms. The van der Waals surface area contributed by atoms with Crippen molar-refractivity contribution in [1.82, 2.24) is 10.0 Å². The molecule has 0 atom stereocenters. The maximum absolute atomic E-state index is 12.2. The second kappa shape index (κ2) is 7.30. The number of amides is 1. The number of nitrogens with one attached hydrogen (secondary N) is 2. The number of carbonyl (C=O) groups excluding carboxylic acids is 1. The summed E-state index contributed by atoms with van der Waals surface area (Å²) < 4.78 is 37.0. The van der Waals surface area contributed by atoms with Crippen molar-refractivity contribution in [2.75, 3.05) is 13.7 Å². The van der Waals surface area contributed by atoms with E-state index in [0.717, 1.165) is 0 Å². The van der Waals surface area contributed by atoms with Crippen molar-refractivity contribution in [3.05, 3.63) is 47.9 Å². The second-order valence-corrected chi connectivity index (χ2v) is 6.36. The zero-order chi connectivity index (χ0) is 16.9. The molecule has 2 N–H and O–H groups in total. The molecule has 0 spiro atoms. The fourth-order valence-corrected chi connectivity index (χ4v) is 3.21. The number of benzene rings is 1. The van der Waals surface area contributed by atoms with E-state index >= 15 is 0 Å². The maximum Gasteiger partial charge on any atom is 0.251 e. The minimum absolute atomic E-state index is 0.0764. The summed E-state index contributed by atoms with van der Waals surface area (Å²) >= 11 is 0. The highest BCUT2D eigenvalue weighted by atomic mass is 32.2. The van der Waals surface area contributed by atoms with Crippen molar-refractivity contribution in [2.45, 2.75) is 18.4 Å². The Balaban J connectivity index is 2.24. The molecular formula is C15H18N2O5S. The van der Waals surface area contributed by atoms with E-state index in [2.05, 4.69) is 10.0 Å². The van der Waals surface area contributed by atoms with Crippen LogP contribution in [0.5, 0.6) is 5.75 Å². The normalized spacial score (nSPS) is 11.2. The molecule has 1 aromatic carbocycles. The van der Waals surface area contributed by atoms with E-state index in [0.29, 0.717) is 5.76 Å². The van der Waals surface area contributed by atoms with Gasteiger partial charge in [0, 0.05) is 12.1 Å². The van der Waals surface area contributed by atoms with E-state index in [-0.39, 0.29) is 29.3 Å². The number of ether oxygens (including phenoxy) is 1. The molecule has 0 unspecified atom stereocenters. The number of sulfonamides is 1. The Bertz CT molecular complexity index is 769. The molecule has 0 fully saturated rings. The van der Waals surface area contributed by atoms with Crippen molar-refractivity contribution in [3.8, 4) is 5.75 Å². The van der Waals surface area contributed by atoms with Crippen LogP contribution >= 0.6 is 0 Å². The second-order valence-electron chi connectivity index (χ2n) is 4.63. The topological polar surface area (TPSA) is 97.6 Å². The lowest BCUT2D eigenvalue weighted by Crippen LogP contribution is -2.25. The molecule has 0 bridgehead atoms. The Kier molecular flexibility index (Phi) is 5.41. The van der Waals surface area contributed by atoms with E-state index in [1.54, 1.807) is 19.1 Å². The van der Waals surface area contributed by atoms with Gasteiger partial charge < -0.3 is 14.5 Å². The summed E-state index contributed by atoms with van der Waals surface area (Å²) in [5.41, 5.74) is 0.217. The van der Waals surface area contributed by atoms with E-state index in [1.165, 1.54) is 31.6 Å². The van der Waals surface area contributed by atoms with Gasteiger partial charge in [-0.3, -0.25) is 4.79 Å². The predicted octanol–water partition coefficient (Wildman–Crippen LogP) is 1.52. The number of methoxy groups -OCH3 is 1. The van der Waals surface area contributed by atoms with Crippen LogP contribution in [0.4, 0.5) is 0 Å². The number of furan rings is 1. The van der Waals surface area contributed by atoms with Gasteiger partial charge in [-0.05, 0) is 30.3 Å². The summed E-state index contributed by atoms with van der Waals surface area (Å²) in [7, 11) is -2.37. The van der Waals surface area contributed by atoms with Gasteiger partial charge in [-0.15, -0.1) is 0 Å². The van der Waals surface area contributed by atoms with E-state index in [9.17, 15) is 13.2 Å². The standard InChI is InChI=1S/C15H18N2O5S/c1-3-17-23(19,20)14-9-11(6-7-13(14)21-2)15(18)16-10-12-5-4-8-22-12/h4-9,17H,3,10H2,1-2H3,(H,16,18). The van der Waals surface area contributed by atoms with Gasteiger partial charge in [-0.2, -0.15) is 0 Å². The summed E-state index contributed by atoms with van der Waals surface area (Å²) in [5, 5.41) is 2.66. The summed E-state index contributed by atoms with van der Waals surface area (Å²) in [4.78, 5) is 12.1. The van der Waals surface area contributed by atoms with Gasteiger partial charge in [-0.25, -0.2) is 13.1 Å². The molecule has 124 valence electrons. The Morgan fingerprint density at radius 1 is 1.30 bits per heavy atom. The van der Waals surface area contributed by atoms with Crippen molar-refractivity contribution < 1.29 is 22.4 Å². The third-order valence-corrected chi connectivity index (χ3v) is 4.62. The van der Waals surface area contributed by atoms with Crippen molar-refractivity contribution >= 4 is 15.9 Å². The van der Waals surface area contributed by atoms with Crippen LogP contribution in [0.15, 0.2) is 45.9 Å². The first kappa shape index (κ1) is 17.0. The number of rotatable bonds is 7. The molecule has 2 aromatic rings. The molecule has 0 aliphatic carbocycles. The van der Waals surface area contributed by atoms with Gasteiger partial charge in [0.05, 0.1) is 19.9 Å². The minimum atomic E-state index is -3.74. The van der Waals surface area contributed by atoms with E-state index in [1.807, 2.05) is 0 Å². The molecule has 2 rings (SSSR count). The van der Waals surface area contributed by atoms with Gasteiger partial charge in [0.1, 0.15) is 16.4 Å². The average Bonchev–Trinajstić information content (AvgIpc) is 3.05. The van der Waals surface area contributed by atoms with Gasteiger partial charge in [-0.1, -0.05) is 6.92 Å². The number of hydrogen-bond acceptors (Lipinski definition) is 5. The zero-order valence-electron chi connectivity index (χ0n) is 12.8. The quantitative estimate of drug-likeness (QED) is 0.797. The third-order valence-electron chi connectivity index (χ3n) is 3.05. The molecule has 1 aromatic heterocycles. The van der Waals surface area contributed by atoms with Crippen LogP contribution in [0.25, 0.3) is 0 Å². The number of carbonyl (C=O) groups is 1. The minimum Gasteiger partial charge on any atom is -0.495 e. The van der Waals surface area contributed by atoms with Crippen LogP contribution in [0, 0.1) is 0 Å². The van der Waals surface area contributed by atoms with Gasteiger partial charge in [0.2, 0.25) is 10.0 Å².